The largest absolute Gasteiger partial charge is 0.379 e. The maximum absolute atomic E-state index is 6.64. The van der Waals surface area contributed by atoms with Crippen molar-refractivity contribution in [2.75, 3.05) is 10.6 Å². The minimum atomic E-state index is 0.345. The fourth-order valence-electron chi connectivity index (χ4n) is 9.87. The lowest BCUT2D eigenvalue weighted by Crippen LogP contribution is -2.55. The average Bonchev–Trinajstić information content (AvgIpc) is 2.57. The summed E-state index contributed by atoms with van der Waals surface area (Å²) in [6, 6.07) is 6.72. The summed E-state index contributed by atoms with van der Waals surface area (Å²) in [5, 5.41) is 8.98. The van der Waals surface area contributed by atoms with Gasteiger partial charge in [0.25, 0.3) is 0 Å². The highest BCUT2D eigenvalue weighted by Gasteiger charge is 2.52. The zero-order chi connectivity index (χ0) is 19.2. The molecule has 8 aliphatic carbocycles. The quantitative estimate of drug-likeness (QED) is 0.552. The Balaban J connectivity index is 1.14. The zero-order valence-corrected chi connectivity index (χ0v) is 18.3. The van der Waals surface area contributed by atoms with Crippen molar-refractivity contribution < 1.29 is 0 Å². The predicted molar refractivity (Wildman–Crippen MR) is 121 cm³/mol. The summed E-state index contributed by atoms with van der Waals surface area (Å²) in [5.74, 6) is 5.82. The minimum Gasteiger partial charge on any atom is -0.379 e. The molecule has 0 amide bonds. The fourth-order valence-corrected chi connectivity index (χ4v) is 10.1. The summed E-state index contributed by atoms with van der Waals surface area (Å²) in [6.07, 6.45) is 17.2. The Hall–Kier alpha value is -0.890. The highest BCUT2D eigenvalue weighted by atomic mass is 35.5. The Bertz CT molecular complexity index is 695. The Labute approximate surface area is 180 Å². The van der Waals surface area contributed by atoms with Gasteiger partial charge >= 0.3 is 0 Å². The number of rotatable bonds is 4. The first-order valence-electron chi connectivity index (χ1n) is 12.4. The van der Waals surface area contributed by atoms with Crippen LogP contribution in [-0.4, -0.2) is 11.1 Å². The van der Waals surface area contributed by atoms with E-state index in [0.29, 0.717) is 11.1 Å². The van der Waals surface area contributed by atoms with Gasteiger partial charge in [0, 0.05) is 27.5 Å². The third-order valence-corrected chi connectivity index (χ3v) is 10.0. The number of hydrogen-bond acceptors (Lipinski definition) is 2. The summed E-state index contributed by atoms with van der Waals surface area (Å²) in [7, 11) is 0. The van der Waals surface area contributed by atoms with Crippen molar-refractivity contribution in [1.29, 1.82) is 0 Å². The Morgan fingerprint density at radius 3 is 1.17 bits per heavy atom. The van der Waals surface area contributed by atoms with Crippen LogP contribution in [-0.2, 0) is 0 Å². The third kappa shape index (κ3) is 3.03. The molecule has 8 fully saturated rings. The van der Waals surface area contributed by atoms with Gasteiger partial charge in [-0.25, -0.2) is 0 Å². The van der Waals surface area contributed by atoms with Gasteiger partial charge in [0.05, 0.1) is 0 Å². The summed E-state index contributed by atoms with van der Waals surface area (Å²) in [5.41, 5.74) is 3.20. The Morgan fingerprint density at radius 1 is 0.552 bits per heavy atom. The molecule has 0 aromatic heterocycles. The second-order valence-corrected chi connectivity index (χ2v) is 12.8. The summed E-state index contributed by atoms with van der Waals surface area (Å²) < 4.78 is 0. The summed E-state index contributed by atoms with van der Waals surface area (Å²) in [6.45, 7) is 0. The normalized spacial score (nSPS) is 48.9. The van der Waals surface area contributed by atoms with Gasteiger partial charge in [-0.05, 0) is 131 Å². The molecule has 0 aliphatic heterocycles. The van der Waals surface area contributed by atoms with E-state index in [4.69, 9.17) is 11.6 Å². The third-order valence-electron chi connectivity index (χ3n) is 9.79. The molecule has 2 N–H and O–H groups in total. The van der Waals surface area contributed by atoms with Crippen molar-refractivity contribution in [3.05, 3.63) is 23.2 Å². The molecule has 1 aromatic carbocycles. The lowest BCUT2D eigenvalue weighted by Gasteiger charge is -2.57. The van der Waals surface area contributed by atoms with Gasteiger partial charge < -0.3 is 10.6 Å². The molecule has 1 aromatic rings. The standard InChI is InChI=1S/C26H35ClN2/c27-22-7-23(28-25-10-16-1-17(11-25)3-18(2-16)12-25)9-24(8-22)29-26-13-19-4-20(14-26)6-21(5-19)15-26/h7-9,16-21,28-29H,1-6,10-15H2. The molecule has 3 heteroatoms. The van der Waals surface area contributed by atoms with Crippen molar-refractivity contribution in [2.24, 2.45) is 35.5 Å². The molecule has 0 unspecified atom stereocenters. The van der Waals surface area contributed by atoms with Gasteiger partial charge in [0.2, 0.25) is 0 Å². The number of hydrogen-bond donors (Lipinski definition) is 2. The average molecular weight is 411 g/mol. The highest BCUT2D eigenvalue weighted by Crippen LogP contribution is 2.58. The van der Waals surface area contributed by atoms with Crippen LogP contribution in [0.4, 0.5) is 11.4 Å². The molecule has 2 nitrogen and oxygen atoms in total. The predicted octanol–water partition coefficient (Wildman–Crippen LogP) is 7.10. The molecule has 0 spiro atoms. The van der Waals surface area contributed by atoms with Crippen LogP contribution in [0.5, 0.6) is 0 Å². The second-order valence-electron chi connectivity index (χ2n) is 12.4. The van der Waals surface area contributed by atoms with E-state index >= 15 is 0 Å². The Kier molecular flexibility index (Phi) is 3.73. The van der Waals surface area contributed by atoms with Gasteiger partial charge in [0.1, 0.15) is 0 Å². The summed E-state index contributed by atoms with van der Waals surface area (Å²) in [4.78, 5) is 0. The van der Waals surface area contributed by atoms with Gasteiger partial charge in [-0.3, -0.25) is 0 Å². The van der Waals surface area contributed by atoms with E-state index in [2.05, 4.69) is 28.8 Å². The molecular formula is C26H35ClN2. The van der Waals surface area contributed by atoms with Gasteiger partial charge in [-0.15, -0.1) is 0 Å². The fraction of sp³-hybridized carbons (Fsp3) is 0.769. The van der Waals surface area contributed by atoms with Crippen LogP contribution >= 0.6 is 11.6 Å². The topological polar surface area (TPSA) is 24.1 Å². The summed E-state index contributed by atoms with van der Waals surface area (Å²) >= 11 is 6.64. The van der Waals surface area contributed by atoms with Crippen molar-refractivity contribution in [3.63, 3.8) is 0 Å². The van der Waals surface area contributed by atoms with E-state index in [1.165, 1.54) is 88.4 Å². The molecule has 0 atom stereocenters. The van der Waals surface area contributed by atoms with Gasteiger partial charge in [-0.2, -0.15) is 0 Å². The van der Waals surface area contributed by atoms with E-state index in [1.54, 1.807) is 0 Å². The van der Waals surface area contributed by atoms with Crippen LogP contribution in [0.1, 0.15) is 77.0 Å². The van der Waals surface area contributed by atoms with E-state index in [9.17, 15) is 0 Å². The maximum atomic E-state index is 6.64. The van der Waals surface area contributed by atoms with Crippen LogP contribution in [0, 0.1) is 35.5 Å². The maximum Gasteiger partial charge on any atom is 0.0447 e. The number of anilines is 2. The van der Waals surface area contributed by atoms with E-state index in [1.807, 2.05) is 0 Å². The first-order valence-corrected chi connectivity index (χ1v) is 12.8. The lowest BCUT2D eigenvalue weighted by atomic mass is 9.53. The number of nitrogens with one attached hydrogen (secondary N) is 2. The smallest absolute Gasteiger partial charge is 0.0447 e. The molecule has 8 aliphatic rings. The number of benzene rings is 1. The molecule has 8 bridgehead atoms. The number of halogens is 1. The van der Waals surface area contributed by atoms with E-state index < -0.39 is 0 Å². The van der Waals surface area contributed by atoms with E-state index in [0.717, 1.165) is 40.5 Å². The second kappa shape index (κ2) is 6.09. The van der Waals surface area contributed by atoms with Crippen LogP contribution in [0.3, 0.4) is 0 Å². The van der Waals surface area contributed by atoms with Crippen LogP contribution in [0.25, 0.3) is 0 Å². The molecular weight excluding hydrogens is 376 g/mol. The van der Waals surface area contributed by atoms with Crippen LogP contribution in [0.15, 0.2) is 18.2 Å². The molecule has 156 valence electrons. The van der Waals surface area contributed by atoms with Crippen LogP contribution < -0.4 is 10.6 Å². The molecule has 8 saturated carbocycles. The van der Waals surface area contributed by atoms with E-state index in [-0.39, 0.29) is 0 Å². The highest BCUT2D eigenvalue weighted by molar-refractivity contribution is 6.31. The molecule has 29 heavy (non-hydrogen) atoms. The zero-order valence-electron chi connectivity index (χ0n) is 17.6. The SMILES string of the molecule is Clc1cc(NC23CC4CC(CC(C4)C2)C3)cc(NC23CC4CC(CC(C4)C2)C3)c1. The molecule has 0 saturated heterocycles. The van der Waals surface area contributed by atoms with Crippen molar-refractivity contribution in [1.82, 2.24) is 0 Å². The van der Waals surface area contributed by atoms with Crippen molar-refractivity contribution in [3.8, 4) is 0 Å². The monoisotopic (exact) mass is 410 g/mol. The Morgan fingerprint density at radius 2 is 0.862 bits per heavy atom. The lowest BCUT2D eigenvalue weighted by molar-refractivity contribution is 0.0106. The van der Waals surface area contributed by atoms with Crippen molar-refractivity contribution >= 4 is 23.0 Å². The van der Waals surface area contributed by atoms with Gasteiger partial charge in [0.15, 0.2) is 0 Å². The first kappa shape index (κ1) is 17.8. The minimum absolute atomic E-state index is 0.345. The molecule has 9 rings (SSSR count). The van der Waals surface area contributed by atoms with Gasteiger partial charge in [-0.1, -0.05) is 11.6 Å². The van der Waals surface area contributed by atoms with Crippen LogP contribution in [0.2, 0.25) is 5.02 Å². The van der Waals surface area contributed by atoms with Crippen molar-refractivity contribution in [2.45, 2.75) is 88.1 Å². The molecule has 0 radical (unpaired) electrons. The first-order chi connectivity index (χ1) is 14.0. The molecule has 0 heterocycles.